The van der Waals surface area contributed by atoms with Crippen molar-refractivity contribution in [1.29, 1.82) is 0 Å². The van der Waals surface area contributed by atoms with Crippen LogP contribution in [0, 0.1) is 0 Å². The van der Waals surface area contributed by atoms with Crippen LogP contribution in [0.15, 0.2) is 0 Å². The van der Waals surface area contributed by atoms with E-state index in [9.17, 15) is 0 Å². The van der Waals surface area contributed by atoms with E-state index in [0.717, 1.165) is 0 Å². The number of halogens is 1. The summed E-state index contributed by atoms with van der Waals surface area (Å²) < 4.78 is 0.536. The molecule has 0 N–H and O–H groups in total. The summed E-state index contributed by atoms with van der Waals surface area (Å²) >= 11 is 0. The second-order valence-electron chi connectivity index (χ2n) is 3.04. The lowest BCUT2D eigenvalue weighted by atomic mass is 10.3. The Morgan fingerprint density at radius 3 is 1.56 bits per heavy atom. The molecule has 0 aromatic heterocycles. The van der Waals surface area contributed by atoms with Crippen molar-refractivity contribution in [2.45, 2.75) is 32.4 Å². The molecule has 58 valence electrons. The lowest BCUT2D eigenvalue weighted by Gasteiger charge is -2.15. The Morgan fingerprint density at radius 1 is 1.22 bits per heavy atom. The molecule has 0 fully saturated rings. The van der Waals surface area contributed by atoms with Crippen LogP contribution < -0.4 is 24.0 Å². The molecule has 1 atom stereocenters. The molecule has 0 amide bonds. The third-order valence-electron chi connectivity index (χ3n) is 1.48. The molecule has 2 heteroatoms. The Hall–Kier alpha value is 1.08. The van der Waals surface area contributed by atoms with E-state index >= 15 is 0 Å². The molecule has 0 aromatic carbocycles. The summed E-state index contributed by atoms with van der Waals surface area (Å²) in [5.74, 6) is 1.32. The quantitative estimate of drug-likeness (QED) is 0.421. The topological polar surface area (TPSA) is 0 Å². The van der Waals surface area contributed by atoms with Crippen molar-refractivity contribution < 1.29 is 24.0 Å². The van der Waals surface area contributed by atoms with Crippen LogP contribution >= 0.6 is 0 Å². The Morgan fingerprint density at radius 2 is 1.56 bits per heavy atom. The molecule has 0 radical (unpaired) electrons. The molecule has 0 spiro atoms. The lowest BCUT2D eigenvalue weighted by molar-refractivity contribution is -0.00000218. The van der Waals surface area contributed by atoms with Crippen molar-refractivity contribution in [1.82, 2.24) is 0 Å². The third-order valence-corrected chi connectivity index (χ3v) is 4.44. The van der Waals surface area contributed by atoms with Gasteiger partial charge in [-0.2, -0.15) is 0 Å². The predicted octanol–water partition coefficient (Wildman–Crippen LogP) is -0.943. The highest BCUT2D eigenvalue weighted by Gasteiger charge is 2.26. The van der Waals surface area contributed by atoms with Gasteiger partial charge in [0, 0.05) is 0 Å². The first-order valence-corrected chi connectivity index (χ1v) is 4.91. The summed E-state index contributed by atoms with van der Waals surface area (Å²) in [6.45, 7) is 9.17. The average molecular weight is 260 g/mol. The molecular weight excluding hydrogens is 243 g/mol. The minimum Gasteiger partial charge on any atom is -1.00 e. The van der Waals surface area contributed by atoms with Gasteiger partial charge in [0.25, 0.3) is 0 Å². The van der Waals surface area contributed by atoms with E-state index in [1.165, 1.54) is 5.75 Å². The summed E-state index contributed by atoms with van der Waals surface area (Å²) in [4.78, 5) is 0. The molecule has 0 heterocycles. The second kappa shape index (κ2) is 4.83. The highest BCUT2D eigenvalue weighted by Crippen LogP contribution is 2.15. The highest BCUT2D eigenvalue weighted by molar-refractivity contribution is 7.97. The predicted molar refractivity (Wildman–Crippen MR) is 43.6 cm³/mol. The van der Waals surface area contributed by atoms with Crippen molar-refractivity contribution in [3.63, 3.8) is 0 Å². The molecule has 9 heavy (non-hydrogen) atoms. The SMILES string of the molecule is CC[S+](C)C(C)(C)C.[I-]. The zero-order chi connectivity index (χ0) is 6.78. The summed E-state index contributed by atoms with van der Waals surface area (Å²) in [7, 11) is 0.606. The van der Waals surface area contributed by atoms with Crippen molar-refractivity contribution in [2.24, 2.45) is 0 Å². The van der Waals surface area contributed by atoms with Gasteiger partial charge in [0.1, 0.15) is 10.5 Å². The van der Waals surface area contributed by atoms with Gasteiger partial charge in [0.05, 0.1) is 6.26 Å². The minimum atomic E-state index is 0. The van der Waals surface area contributed by atoms with Gasteiger partial charge in [0.15, 0.2) is 0 Å². The van der Waals surface area contributed by atoms with Crippen LogP contribution in [0.3, 0.4) is 0 Å². The fourth-order valence-corrected chi connectivity index (χ4v) is 1.30. The molecule has 0 aliphatic heterocycles. The molecule has 0 aromatic rings. The van der Waals surface area contributed by atoms with Gasteiger partial charge in [-0.15, -0.1) is 0 Å². The van der Waals surface area contributed by atoms with Gasteiger partial charge in [-0.1, -0.05) is 0 Å². The van der Waals surface area contributed by atoms with E-state index in [-0.39, 0.29) is 24.0 Å². The zero-order valence-corrected chi connectivity index (χ0v) is 9.97. The van der Waals surface area contributed by atoms with Crippen LogP contribution in [0.4, 0.5) is 0 Å². The maximum atomic E-state index is 2.33. The van der Waals surface area contributed by atoms with Gasteiger partial charge < -0.3 is 24.0 Å². The van der Waals surface area contributed by atoms with E-state index in [1.807, 2.05) is 0 Å². The lowest BCUT2D eigenvalue weighted by Crippen LogP contribution is -3.00. The number of hydrogen-bond donors (Lipinski definition) is 0. The molecular formula is C7H17IS. The summed E-state index contributed by atoms with van der Waals surface area (Å²) in [5.41, 5.74) is 0. The first-order chi connectivity index (χ1) is 3.48. The van der Waals surface area contributed by atoms with Crippen LogP contribution in [0.1, 0.15) is 27.7 Å². The van der Waals surface area contributed by atoms with Crippen LogP contribution in [0.5, 0.6) is 0 Å². The fourth-order valence-electron chi connectivity index (χ4n) is 0.433. The van der Waals surface area contributed by atoms with E-state index in [4.69, 9.17) is 0 Å². The Balaban J connectivity index is 0. The Kier molecular flexibility index (Phi) is 6.83. The van der Waals surface area contributed by atoms with Gasteiger partial charge in [-0.25, -0.2) is 0 Å². The van der Waals surface area contributed by atoms with Crippen molar-refractivity contribution >= 4 is 10.9 Å². The normalized spacial score (nSPS) is 14.3. The largest absolute Gasteiger partial charge is 1.00 e. The summed E-state index contributed by atoms with van der Waals surface area (Å²) in [6.07, 6.45) is 2.33. The summed E-state index contributed by atoms with van der Waals surface area (Å²) in [6, 6.07) is 0. The van der Waals surface area contributed by atoms with E-state index in [1.54, 1.807) is 0 Å². The number of hydrogen-bond acceptors (Lipinski definition) is 0. The molecule has 0 saturated heterocycles. The van der Waals surface area contributed by atoms with Crippen molar-refractivity contribution in [3.8, 4) is 0 Å². The Labute approximate surface area is 79.2 Å². The highest BCUT2D eigenvalue weighted by atomic mass is 127. The van der Waals surface area contributed by atoms with E-state index in [2.05, 4.69) is 34.0 Å². The van der Waals surface area contributed by atoms with Crippen LogP contribution in [-0.2, 0) is 10.9 Å². The maximum Gasteiger partial charge on any atom is 0.119 e. The van der Waals surface area contributed by atoms with Gasteiger partial charge in [-0.05, 0) is 38.6 Å². The zero-order valence-electron chi connectivity index (χ0n) is 6.99. The minimum absolute atomic E-state index is 0. The third kappa shape index (κ3) is 5.52. The molecule has 0 rings (SSSR count). The van der Waals surface area contributed by atoms with Gasteiger partial charge >= 0.3 is 0 Å². The Bertz CT molecular complexity index is 65.8. The molecule has 0 saturated carbocycles. The van der Waals surface area contributed by atoms with Gasteiger partial charge in [-0.3, -0.25) is 0 Å². The fraction of sp³-hybridized carbons (Fsp3) is 1.00. The van der Waals surface area contributed by atoms with Crippen molar-refractivity contribution in [2.75, 3.05) is 12.0 Å². The van der Waals surface area contributed by atoms with Crippen LogP contribution in [0.2, 0.25) is 0 Å². The van der Waals surface area contributed by atoms with Crippen LogP contribution in [0.25, 0.3) is 0 Å². The van der Waals surface area contributed by atoms with E-state index < -0.39 is 0 Å². The molecule has 0 nitrogen and oxygen atoms in total. The second-order valence-corrected chi connectivity index (χ2v) is 6.11. The average Bonchev–Trinajstić information content (AvgIpc) is 1.62. The molecule has 0 aliphatic rings. The smallest absolute Gasteiger partial charge is 0.119 e. The first kappa shape index (κ1) is 12.7. The molecule has 0 aliphatic carbocycles. The number of rotatable bonds is 1. The monoisotopic (exact) mass is 260 g/mol. The first-order valence-electron chi connectivity index (χ1n) is 3.11. The molecule has 0 bridgehead atoms. The van der Waals surface area contributed by atoms with Gasteiger partial charge in [0.2, 0.25) is 0 Å². The summed E-state index contributed by atoms with van der Waals surface area (Å²) in [5, 5.41) is 0. The van der Waals surface area contributed by atoms with Crippen LogP contribution in [-0.4, -0.2) is 16.8 Å². The standard InChI is InChI=1S/C7H17S.HI/c1-6-8(5)7(2,3)4;/h6H2,1-5H3;1H/q+1;/p-1. The molecule has 1 unspecified atom stereocenters. The van der Waals surface area contributed by atoms with E-state index in [0.29, 0.717) is 15.6 Å². The maximum absolute atomic E-state index is 2.33. The van der Waals surface area contributed by atoms with Crippen molar-refractivity contribution in [3.05, 3.63) is 0 Å².